The van der Waals surface area contributed by atoms with Crippen molar-refractivity contribution in [1.29, 1.82) is 0 Å². The van der Waals surface area contributed by atoms with Gasteiger partial charge in [0.1, 0.15) is 0 Å². The molecule has 1 saturated heterocycles. The first-order valence-electron chi connectivity index (χ1n) is 11.6. The summed E-state index contributed by atoms with van der Waals surface area (Å²) in [5, 5.41) is 0. The van der Waals surface area contributed by atoms with Crippen LogP contribution < -0.4 is 0 Å². The van der Waals surface area contributed by atoms with Gasteiger partial charge in [-0.05, 0) is 43.6 Å². The van der Waals surface area contributed by atoms with E-state index in [1.807, 2.05) is 0 Å². The Morgan fingerprint density at radius 2 is 1.12 bits per heavy atom. The third-order valence-electron chi connectivity index (χ3n) is 5.32. The summed E-state index contributed by atoms with van der Waals surface area (Å²) in [6, 6.07) is 0. The van der Waals surface area contributed by atoms with Crippen LogP contribution in [0.3, 0.4) is 0 Å². The molecule has 1 heterocycles. The molecule has 0 saturated carbocycles. The Hall–Kier alpha value is 0.260. The van der Waals surface area contributed by atoms with E-state index in [0.29, 0.717) is 4.08 Å². The van der Waals surface area contributed by atoms with E-state index in [-0.39, 0.29) is 0 Å². The third-order valence-corrected chi connectivity index (χ3v) is 8.88. The molecule has 0 aromatic rings. The first-order chi connectivity index (χ1) is 12.8. The molecule has 0 unspecified atom stereocenters. The molecular formula is C24H44S2. The second kappa shape index (κ2) is 17.4. The van der Waals surface area contributed by atoms with Gasteiger partial charge in [-0.3, -0.25) is 0 Å². The highest BCUT2D eigenvalue weighted by Crippen LogP contribution is 2.49. The summed E-state index contributed by atoms with van der Waals surface area (Å²) in [4.78, 5) is 0. The maximum Gasteiger partial charge on any atom is 0.0611 e. The molecule has 152 valence electrons. The zero-order valence-electron chi connectivity index (χ0n) is 17.8. The lowest BCUT2D eigenvalue weighted by molar-refractivity contribution is 0.537. The fraction of sp³-hybridized carbons (Fsp3) is 0.917. The van der Waals surface area contributed by atoms with Crippen molar-refractivity contribution in [3.8, 4) is 11.8 Å². The normalized spacial score (nSPS) is 16.2. The molecule has 26 heavy (non-hydrogen) atoms. The lowest BCUT2D eigenvalue weighted by atomic mass is 10.0. The molecule has 0 aromatic heterocycles. The maximum absolute atomic E-state index is 3.43. The van der Waals surface area contributed by atoms with Crippen LogP contribution in [0.5, 0.6) is 0 Å². The Morgan fingerprint density at radius 1 is 0.615 bits per heavy atom. The molecule has 1 aliphatic rings. The molecule has 1 aliphatic heterocycles. The van der Waals surface area contributed by atoms with Crippen molar-refractivity contribution in [1.82, 2.24) is 0 Å². The largest absolute Gasteiger partial charge is 0.144 e. The number of thioether (sulfide) groups is 2. The van der Waals surface area contributed by atoms with E-state index in [2.05, 4.69) is 49.2 Å². The van der Waals surface area contributed by atoms with Gasteiger partial charge in [0, 0.05) is 12.8 Å². The molecule has 0 nitrogen and oxygen atoms in total. The van der Waals surface area contributed by atoms with E-state index < -0.39 is 0 Å². The van der Waals surface area contributed by atoms with Gasteiger partial charge in [-0.15, -0.1) is 35.4 Å². The maximum atomic E-state index is 3.43. The van der Waals surface area contributed by atoms with Crippen molar-refractivity contribution in [2.24, 2.45) is 0 Å². The quantitative estimate of drug-likeness (QED) is 0.200. The summed E-state index contributed by atoms with van der Waals surface area (Å²) in [5.74, 6) is 9.58. The van der Waals surface area contributed by atoms with Crippen LogP contribution in [0.15, 0.2) is 0 Å². The topological polar surface area (TPSA) is 0 Å². The second-order valence-electron chi connectivity index (χ2n) is 7.85. The highest BCUT2D eigenvalue weighted by atomic mass is 32.2. The van der Waals surface area contributed by atoms with Gasteiger partial charge in [-0.25, -0.2) is 0 Å². The fourth-order valence-electron chi connectivity index (χ4n) is 3.65. The second-order valence-corrected chi connectivity index (χ2v) is 11.1. The van der Waals surface area contributed by atoms with Gasteiger partial charge in [0.2, 0.25) is 0 Å². The standard InChI is InChI=1S/C24H44S2/c1-3-5-7-9-11-13-15-17-20-24(25-22-19-23-26-24)21-18-16-14-12-10-8-6-4-2/h3-11,13,15-23H2,1-2H3. The predicted octanol–water partition coefficient (Wildman–Crippen LogP) is 8.84. The molecule has 0 aliphatic carbocycles. The minimum absolute atomic E-state index is 0.532. The van der Waals surface area contributed by atoms with Crippen LogP contribution in [-0.4, -0.2) is 15.6 Å². The fourth-order valence-corrected chi connectivity index (χ4v) is 7.14. The van der Waals surface area contributed by atoms with Crippen LogP contribution in [0, 0.1) is 11.8 Å². The average Bonchev–Trinajstić information content (AvgIpc) is 2.67. The molecule has 0 atom stereocenters. The third kappa shape index (κ3) is 12.6. The number of rotatable bonds is 15. The highest BCUT2D eigenvalue weighted by molar-refractivity contribution is 8.18. The Morgan fingerprint density at radius 3 is 1.77 bits per heavy atom. The van der Waals surface area contributed by atoms with E-state index in [1.165, 1.54) is 108 Å². The number of unbranched alkanes of at least 4 members (excludes halogenated alkanes) is 11. The number of hydrogen-bond acceptors (Lipinski definition) is 2. The molecule has 0 N–H and O–H groups in total. The van der Waals surface area contributed by atoms with Gasteiger partial charge in [-0.1, -0.05) is 78.1 Å². The van der Waals surface area contributed by atoms with Gasteiger partial charge >= 0.3 is 0 Å². The summed E-state index contributed by atoms with van der Waals surface area (Å²) in [6.45, 7) is 4.57. The van der Waals surface area contributed by atoms with Crippen LogP contribution in [-0.2, 0) is 0 Å². The van der Waals surface area contributed by atoms with Crippen LogP contribution in [0.1, 0.15) is 123 Å². The molecule has 0 bridgehead atoms. The summed E-state index contributed by atoms with van der Waals surface area (Å²) >= 11 is 4.55. The monoisotopic (exact) mass is 396 g/mol. The molecule has 2 heteroatoms. The Kier molecular flexibility index (Phi) is 16.2. The van der Waals surface area contributed by atoms with Crippen LogP contribution in [0.4, 0.5) is 0 Å². The number of hydrogen-bond donors (Lipinski definition) is 0. The van der Waals surface area contributed by atoms with Gasteiger partial charge in [0.05, 0.1) is 4.08 Å². The molecule has 1 fully saturated rings. The molecular weight excluding hydrogens is 352 g/mol. The summed E-state index contributed by atoms with van der Waals surface area (Å²) in [7, 11) is 0. The van der Waals surface area contributed by atoms with E-state index in [4.69, 9.17) is 0 Å². The summed E-state index contributed by atoms with van der Waals surface area (Å²) < 4.78 is 0.532. The Balaban J connectivity index is 2.16. The molecule has 0 amide bonds. The highest BCUT2D eigenvalue weighted by Gasteiger charge is 2.32. The van der Waals surface area contributed by atoms with E-state index in [0.717, 1.165) is 12.8 Å². The van der Waals surface area contributed by atoms with Crippen LogP contribution in [0.25, 0.3) is 0 Å². The lowest BCUT2D eigenvalue weighted by Crippen LogP contribution is -2.25. The minimum atomic E-state index is 0.532. The molecule has 0 radical (unpaired) electrons. The van der Waals surface area contributed by atoms with E-state index in [9.17, 15) is 0 Å². The zero-order valence-corrected chi connectivity index (χ0v) is 19.4. The first-order valence-corrected chi connectivity index (χ1v) is 13.5. The average molecular weight is 397 g/mol. The van der Waals surface area contributed by atoms with E-state index in [1.54, 1.807) is 0 Å². The molecule has 0 spiro atoms. The smallest absolute Gasteiger partial charge is 0.0611 e. The summed E-state index contributed by atoms with van der Waals surface area (Å²) in [5.41, 5.74) is 0. The Labute approximate surface area is 173 Å². The van der Waals surface area contributed by atoms with Crippen molar-refractivity contribution in [3.63, 3.8) is 0 Å². The minimum Gasteiger partial charge on any atom is -0.144 e. The lowest BCUT2D eigenvalue weighted by Gasteiger charge is -2.36. The SMILES string of the molecule is CCCCCC#CCCCC1(CCCCCCCCCC)SCCCS1. The first kappa shape index (κ1) is 24.3. The predicted molar refractivity (Wildman–Crippen MR) is 125 cm³/mol. The van der Waals surface area contributed by atoms with Crippen LogP contribution in [0.2, 0.25) is 0 Å². The van der Waals surface area contributed by atoms with Gasteiger partial charge in [-0.2, -0.15) is 0 Å². The molecule has 1 rings (SSSR count). The van der Waals surface area contributed by atoms with Crippen molar-refractivity contribution in [3.05, 3.63) is 0 Å². The van der Waals surface area contributed by atoms with Crippen molar-refractivity contribution in [2.75, 3.05) is 11.5 Å². The van der Waals surface area contributed by atoms with E-state index >= 15 is 0 Å². The molecule has 0 aromatic carbocycles. The van der Waals surface area contributed by atoms with Crippen LogP contribution >= 0.6 is 23.5 Å². The zero-order chi connectivity index (χ0) is 18.8. The van der Waals surface area contributed by atoms with Crippen molar-refractivity contribution in [2.45, 2.75) is 127 Å². The van der Waals surface area contributed by atoms with Gasteiger partial charge in [0.15, 0.2) is 0 Å². The van der Waals surface area contributed by atoms with Gasteiger partial charge < -0.3 is 0 Å². The van der Waals surface area contributed by atoms with Crippen molar-refractivity contribution < 1.29 is 0 Å². The van der Waals surface area contributed by atoms with Gasteiger partial charge in [0.25, 0.3) is 0 Å². The summed E-state index contributed by atoms with van der Waals surface area (Å²) in [6.07, 6.45) is 23.2. The Bertz CT molecular complexity index is 360. The van der Waals surface area contributed by atoms with Crippen molar-refractivity contribution >= 4 is 23.5 Å².